The van der Waals surface area contributed by atoms with Crippen molar-refractivity contribution in [2.24, 2.45) is 10.2 Å². The van der Waals surface area contributed by atoms with Crippen LogP contribution in [0.1, 0.15) is 61.4 Å². The van der Waals surface area contributed by atoms with Gasteiger partial charge in [-0.2, -0.15) is 0 Å². The lowest BCUT2D eigenvalue weighted by molar-refractivity contribution is 0.100. The third-order valence-electron chi connectivity index (χ3n) is 3.39. The molecule has 1 aliphatic heterocycles. The van der Waals surface area contributed by atoms with E-state index >= 15 is 0 Å². The summed E-state index contributed by atoms with van der Waals surface area (Å²) in [6.45, 7) is 2.23. The minimum atomic E-state index is -0.174. The lowest BCUT2D eigenvalue weighted by Gasteiger charge is -2.05. The van der Waals surface area contributed by atoms with Gasteiger partial charge in [0.1, 0.15) is 0 Å². The minimum Gasteiger partial charge on any atom is -0.265 e. The summed E-state index contributed by atoms with van der Waals surface area (Å²) < 4.78 is 0. The summed E-state index contributed by atoms with van der Waals surface area (Å²) in [6.07, 6.45) is 8.59. The Balaban J connectivity index is 1.84. The molecule has 0 unspecified atom stereocenters. The van der Waals surface area contributed by atoms with E-state index in [1.165, 1.54) is 32.1 Å². The first-order valence-corrected chi connectivity index (χ1v) is 6.91. The fourth-order valence-corrected chi connectivity index (χ4v) is 2.37. The third kappa shape index (κ3) is 3.03. The highest BCUT2D eigenvalue weighted by Crippen LogP contribution is 2.30. The smallest absolute Gasteiger partial charge is 0.265 e. The van der Waals surface area contributed by atoms with E-state index in [4.69, 9.17) is 0 Å². The number of carbonyl (C=O) groups is 1. The quantitative estimate of drug-likeness (QED) is 0.633. The van der Waals surface area contributed by atoms with Gasteiger partial charge in [-0.3, -0.25) is 4.79 Å². The number of hydrogen-bond acceptors (Lipinski definition) is 2. The van der Waals surface area contributed by atoms with Gasteiger partial charge >= 0.3 is 0 Å². The van der Waals surface area contributed by atoms with Crippen LogP contribution in [0.4, 0.5) is 5.69 Å². The number of fused-ring (bicyclic) bond motifs is 1. The minimum absolute atomic E-state index is 0.174. The zero-order chi connectivity index (χ0) is 12.8. The number of aryl methyl sites for hydroxylation is 1. The lowest BCUT2D eigenvalue weighted by Crippen LogP contribution is -1.97. The fourth-order valence-electron chi connectivity index (χ4n) is 2.37. The third-order valence-corrected chi connectivity index (χ3v) is 3.39. The molecule has 0 saturated carbocycles. The molecule has 0 N–H and O–H groups in total. The Hall–Kier alpha value is -1.51. The van der Waals surface area contributed by atoms with Crippen molar-refractivity contribution >= 4 is 11.6 Å². The number of unbranched alkanes of at least 4 members (excludes halogenated alkanes) is 5. The van der Waals surface area contributed by atoms with E-state index in [1.807, 2.05) is 18.2 Å². The molecule has 0 fully saturated rings. The average Bonchev–Trinajstić information content (AvgIpc) is 2.76. The van der Waals surface area contributed by atoms with Crippen LogP contribution >= 0.6 is 0 Å². The molecule has 1 aromatic carbocycles. The Morgan fingerprint density at radius 2 is 1.78 bits per heavy atom. The molecular weight excluding hydrogens is 224 g/mol. The Morgan fingerprint density at radius 3 is 2.61 bits per heavy atom. The van der Waals surface area contributed by atoms with Crippen LogP contribution in [-0.2, 0) is 6.42 Å². The van der Waals surface area contributed by atoms with E-state index in [1.54, 1.807) is 0 Å². The van der Waals surface area contributed by atoms with Crippen molar-refractivity contribution in [3.63, 3.8) is 0 Å². The number of hydrogen-bond donors (Lipinski definition) is 0. The maximum Gasteiger partial charge on any atom is 0.297 e. The van der Waals surface area contributed by atoms with Crippen LogP contribution in [0.15, 0.2) is 28.4 Å². The molecule has 0 spiro atoms. The zero-order valence-electron chi connectivity index (χ0n) is 11.0. The van der Waals surface area contributed by atoms with Crippen molar-refractivity contribution < 1.29 is 4.79 Å². The van der Waals surface area contributed by atoms with Gasteiger partial charge in [0.05, 0.1) is 11.3 Å². The van der Waals surface area contributed by atoms with E-state index in [0.717, 1.165) is 29.7 Å². The highest BCUT2D eigenvalue weighted by Gasteiger charge is 2.20. The van der Waals surface area contributed by atoms with Gasteiger partial charge in [0.15, 0.2) is 0 Å². The second kappa shape index (κ2) is 6.43. The predicted molar refractivity (Wildman–Crippen MR) is 72.4 cm³/mol. The second-order valence-electron chi connectivity index (χ2n) is 4.83. The first-order chi connectivity index (χ1) is 8.83. The van der Waals surface area contributed by atoms with Crippen molar-refractivity contribution in [1.82, 2.24) is 0 Å². The van der Waals surface area contributed by atoms with Gasteiger partial charge in [0.2, 0.25) is 0 Å². The monoisotopic (exact) mass is 244 g/mol. The molecule has 0 saturated heterocycles. The Kier molecular flexibility index (Phi) is 4.62. The van der Waals surface area contributed by atoms with E-state index in [0.29, 0.717) is 0 Å². The van der Waals surface area contributed by atoms with E-state index in [9.17, 15) is 4.79 Å². The first-order valence-electron chi connectivity index (χ1n) is 6.91. The molecule has 1 aromatic rings. The molecule has 0 atom stereocenters. The molecule has 18 heavy (non-hydrogen) atoms. The maximum atomic E-state index is 11.6. The van der Waals surface area contributed by atoms with Gasteiger partial charge in [-0.1, -0.05) is 51.2 Å². The van der Waals surface area contributed by atoms with Crippen LogP contribution in [0.3, 0.4) is 0 Å². The summed E-state index contributed by atoms with van der Waals surface area (Å²) in [5.74, 6) is -0.174. The molecule has 96 valence electrons. The first kappa shape index (κ1) is 12.9. The average molecular weight is 244 g/mol. The molecule has 1 heterocycles. The van der Waals surface area contributed by atoms with Crippen LogP contribution in [-0.4, -0.2) is 5.91 Å². The Labute approximate surface area is 108 Å². The molecule has 3 heteroatoms. The number of nitrogens with zero attached hydrogens (tertiary/aromatic N) is 2. The van der Waals surface area contributed by atoms with Crippen LogP contribution in [0.5, 0.6) is 0 Å². The van der Waals surface area contributed by atoms with Crippen LogP contribution in [0.2, 0.25) is 0 Å². The molecule has 2 rings (SSSR count). The zero-order valence-corrected chi connectivity index (χ0v) is 11.0. The normalized spacial score (nSPS) is 13.1. The SMILES string of the molecule is CCCCCCCCc1cccc2c1C(=O)N=N2. The summed E-state index contributed by atoms with van der Waals surface area (Å²) in [4.78, 5) is 11.6. The molecular formula is C15H20N2O. The van der Waals surface area contributed by atoms with Crippen molar-refractivity contribution in [1.29, 1.82) is 0 Å². The van der Waals surface area contributed by atoms with Crippen molar-refractivity contribution in [2.45, 2.75) is 51.9 Å². The van der Waals surface area contributed by atoms with Crippen LogP contribution < -0.4 is 0 Å². The van der Waals surface area contributed by atoms with Crippen LogP contribution in [0.25, 0.3) is 0 Å². The summed E-state index contributed by atoms with van der Waals surface area (Å²) in [6, 6.07) is 5.84. The molecule has 1 amide bonds. The molecule has 0 radical (unpaired) electrons. The van der Waals surface area contributed by atoms with Gasteiger partial charge in [0.25, 0.3) is 5.91 Å². The van der Waals surface area contributed by atoms with Gasteiger partial charge < -0.3 is 0 Å². The lowest BCUT2D eigenvalue weighted by atomic mass is 9.99. The van der Waals surface area contributed by atoms with Crippen molar-refractivity contribution in [2.75, 3.05) is 0 Å². The number of carbonyl (C=O) groups excluding carboxylic acids is 1. The summed E-state index contributed by atoms with van der Waals surface area (Å²) in [5.41, 5.74) is 2.58. The van der Waals surface area contributed by atoms with Crippen LogP contribution in [0, 0.1) is 0 Å². The number of azo groups is 1. The number of amides is 1. The van der Waals surface area contributed by atoms with Gasteiger partial charge in [-0.15, -0.1) is 10.2 Å². The van der Waals surface area contributed by atoms with Crippen molar-refractivity contribution in [3.05, 3.63) is 29.3 Å². The molecule has 0 bridgehead atoms. The van der Waals surface area contributed by atoms with Gasteiger partial charge in [-0.25, -0.2) is 0 Å². The second-order valence-corrected chi connectivity index (χ2v) is 4.83. The number of rotatable bonds is 7. The van der Waals surface area contributed by atoms with E-state index < -0.39 is 0 Å². The van der Waals surface area contributed by atoms with Gasteiger partial charge in [0, 0.05) is 0 Å². The molecule has 1 aliphatic rings. The molecule has 3 nitrogen and oxygen atoms in total. The molecule has 0 aliphatic carbocycles. The summed E-state index contributed by atoms with van der Waals surface area (Å²) in [5, 5.41) is 7.50. The maximum absolute atomic E-state index is 11.6. The highest BCUT2D eigenvalue weighted by atomic mass is 16.2. The number of benzene rings is 1. The van der Waals surface area contributed by atoms with E-state index in [2.05, 4.69) is 17.2 Å². The Morgan fingerprint density at radius 1 is 1.00 bits per heavy atom. The van der Waals surface area contributed by atoms with Crippen molar-refractivity contribution in [3.8, 4) is 0 Å². The largest absolute Gasteiger partial charge is 0.297 e. The van der Waals surface area contributed by atoms with Gasteiger partial charge in [-0.05, 0) is 24.5 Å². The fraction of sp³-hybridized carbons (Fsp3) is 0.533. The predicted octanol–water partition coefficient (Wildman–Crippen LogP) is 4.83. The van der Waals surface area contributed by atoms with E-state index in [-0.39, 0.29) is 5.91 Å². The summed E-state index contributed by atoms with van der Waals surface area (Å²) in [7, 11) is 0. The standard InChI is InChI=1S/C15H20N2O/c1-2-3-4-5-6-7-9-12-10-8-11-13-14(12)15(18)17-16-13/h8,10-11H,2-7,9H2,1H3. The summed E-state index contributed by atoms with van der Waals surface area (Å²) >= 11 is 0. The highest BCUT2D eigenvalue weighted by molar-refractivity contribution is 6.03. The topological polar surface area (TPSA) is 41.8 Å². The molecule has 0 aromatic heterocycles. The Bertz CT molecular complexity index is 452.